The molecule has 27 heavy (non-hydrogen) atoms. The number of halogens is 5. The normalized spacial score (nSPS) is 12.3. The molecule has 0 fully saturated rings. The van der Waals surface area contributed by atoms with Crippen molar-refractivity contribution in [1.29, 1.82) is 0 Å². The van der Waals surface area contributed by atoms with Crippen molar-refractivity contribution in [2.75, 3.05) is 0 Å². The molecule has 4 nitrogen and oxygen atoms in total. The number of benzene rings is 2. The van der Waals surface area contributed by atoms with Crippen molar-refractivity contribution < 1.29 is 17.9 Å². The number of hydrogen-bond acceptors (Lipinski definition) is 5. The van der Waals surface area contributed by atoms with E-state index in [-0.39, 0.29) is 16.7 Å². The molecule has 0 radical (unpaired) electrons. The van der Waals surface area contributed by atoms with E-state index in [2.05, 4.69) is 14.6 Å². The van der Waals surface area contributed by atoms with Crippen molar-refractivity contribution >= 4 is 46.3 Å². The number of aliphatic imine (C=N–C) groups is 1. The Morgan fingerprint density at radius 1 is 1.15 bits per heavy atom. The van der Waals surface area contributed by atoms with Gasteiger partial charge in [0.1, 0.15) is 10.6 Å². The highest BCUT2D eigenvalue weighted by molar-refractivity contribution is 7.08. The Bertz CT molecular complexity index is 1010. The summed E-state index contributed by atoms with van der Waals surface area (Å²) in [4.78, 5) is 4.81. The SMILES string of the molecule is Cc1nnsc1C(=Nc1ccc(Cl)cc1Cl)Oc1cccc(C(F)(F)F)c1. The van der Waals surface area contributed by atoms with E-state index < -0.39 is 11.7 Å². The highest BCUT2D eigenvalue weighted by atomic mass is 35.5. The Labute approximate surface area is 166 Å². The number of nitrogens with zero attached hydrogens (tertiary/aromatic N) is 3. The molecule has 0 spiro atoms. The lowest BCUT2D eigenvalue weighted by Gasteiger charge is -2.11. The van der Waals surface area contributed by atoms with Gasteiger partial charge in [0, 0.05) is 5.02 Å². The molecular formula is C17H10Cl2F3N3OS. The third kappa shape index (κ3) is 4.77. The molecule has 1 aromatic heterocycles. The summed E-state index contributed by atoms with van der Waals surface area (Å²) in [6.07, 6.45) is -4.49. The zero-order valence-corrected chi connectivity index (χ0v) is 15.9. The molecule has 0 atom stereocenters. The molecule has 1 heterocycles. The van der Waals surface area contributed by atoms with Crippen molar-refractivity contribution in [2.24, 2.45) is 4.99 Å². The third-order valence-corrected chi connectivity index (χ3v) is 4.71. The van der Waals surface area contributed by atoms with Gasteiger partial charge in [0.25, 0.3) is 0 Å². The molecule has 0 bridgehead atoms. The molecule has 3 aromatic rings. The maximum atomic E-state index is 12.9. The van der Waals surface area contributed by atoms with Crippen LogP contribution in [-0.4, -0.2) is 15.5 Å². The predicted molar refractivity (Wildman–Crippen MR) is 99.4 cm³/mol. The minimum absolute atomic E-state index is 0.0264. The number of hydrogen-bond donors (Lipinski definition) is 0. The van der Waals surface area contributed by atoms with Gasteiger partial charge in [-0.2, -0.15) is 13.2 Å². The first-order valence-electron chi connectivity index (χ1n) is 7.42. The average molecular weight is 432 g/mol. The maximum Gasteiger partial charge on any atom is 0.416 e. The summed E-state index contributed by atoms with van der Waals surface area (Å²) in [5.41, 5.74) is 0.0367. The molecule has 0 saturated heterocycles. The Balaban J connectivity index is 2.04. The van der Waals surface area contributed by atoms with Crippen LogP contribution >= 0.6 is 34.7 Å². The molecule has 10 heteroatoms. The van der Waals surface area contributed by atoms with Gasteiger partial charge < -0.3 is 4.74 Å². The van der Waals surface area contributed by atoms with E-state index in [4.69, 9.17) is 27.9 Å². The Morgan fingerprint density at radius 2 is 1.93 bits per heavy atom. The lowest BCUT2D eigenvalue weighted by Crippen LogP contribution is -2.11. The second-order valence-electron chi connectivity index (χ2n) is 5.33. The molecule has 0 unspecified atom stereocenters. The Kier molecular flexibility index (Phi) is 5.69. The summed E-state index contributed by atoms with van der Waals surface area (Å²) < 4.78 is 48.3. The zero-order chi connectivity index (χ0) is 19.6. The number of aryl methyl sites for hydroxylation is 1. The van der Waals surface area contributed by atoms with Gasteiger partial charge >= 0.3 is 6.18 Å². The maximum absolute atomic E-state index is 12.9. The van der Waals surface area contributed by atoms with Crippen molar-refractivity contribution in [3.8, 4) is 5.75 Å². The number of ether oxygens (including phenoxy) is 1. The van der Waals surface area contributed by atoms with Crippen LogP contribution in [0.2, 0.25) is 10.0 Å². The highest BCUT2D eigenvalue weighted by Gasteiger charge is 2.30. The van der Waals surface area contributed by atoms with Crippen molar-refractivity contribution in [3.05, 3.63) is 68.6 Å². The molecule has 3 rings (SSSR count). The zero-order valence-electron chi connectivity index (χ0n) is 13.6. The third-order valence-electron chi connectivity index (χ3n) is 3.35. The molecule has 0 aliphatic heterocycles. The van der Waals surface area contributed by atoms with Crippen LogP contribution in [0.5, 0.6) is 5.75 Å². The van der Waals surface area contributed by atoms with Crippen LogP contribution < -0.4 is 4.74 Å². The second-order valence-corrected chi connectivity index (χ2v) is 6.93. The van der Waals surface area contributed by atoms with E-state index in [0.717, 1.165) is 23.7 Å². The van der Waals surface area contributed by atoms with Gasteiger partial charge in [-0.1, -0.05) is 33.8 Å². The van der Waals surface area contributed by atoms with Gasteiger partial charge in [-0.25, -0.2) is 4.99 Å². The first kappa shape index (κ1) is 19.6. The van der Waals surface area contributed by atoms with E-state index in [1.165, 1.54) is 18.2 Å². The first-order chi connectivity index (χ1) is 12.7. The first-order valence-corrected chi connectivity index (χ1v) is 8.95. The summed E-state index contributed by atoms with van der Waals surface area (Å²) in [6, 6.07) is 9.17. The van der Waals surface area contributed by atoms with Crippen molar-refractivity contribution in [1.82, 2.24) is 9.59 Å². The quantitative estimate of drug-likeness (QED) is 0.359. The monoisotopic (exact) mass is 431 g/mol. The average Bonchev–Trinajstić information content (AvgIpc) is 3.02. The Hall–Kier alpha value is -2.16. The number of alkyl halides is 3. The molecule has 0 amide bonds. The standard InChI is InChI=1S/C17H10Cl2F3N3OS/c1-9-15(27-25-24-9)16(23-14-6-5-11(18)8-13(14)19)26-12-4-2-3-10(7-12)17(20,21)22/h2-8H,1H3. The molecular weight excluding hydrogens is 422 g/mol. The van der Waals surface area contributed by atoms with Gasteiger partial charge in [0.2, 0.25) is 5.90 Å². The van der Waals surface area contributed by atoms with Crippen molar-refractivity contribution in [3.63, 3.8) is 0 Å². The van der Waals surface area contributed by atoms with E-state index >= 15 is 0 Å². The molecule has 0 aliphatic rings. The fourth-order valence-electron chi connectivity index (χ4n) is 2.08. The van der Waals surface area contributed by atoms with Gasteiger partial charge in [0.15, 0.2) is 0 Å². The van der Waals surface area contributed by atoms with Crippen LogP contribution in [0.15, 0.2) is 47.5 Å². The molecule has 0 N–H and O–H groups in total. The fourth-order valence-corrected chi connectivity index (χ4v) is 3.11. The molecule has 0 saturated carbocycles. The van der Waals surface area contributed by atoms with Crippen LogP contribution in [0.1, 0.15) is 16.1 Å². The smallest absolute Gasteiger partial charge is 0.416 e. The van der Waals surface area contributed by atoms with E-state index in [1.54, 1.807) is 19.1 Å². The van der Waals surface area contributed by atoms with E-state index in [1.807, 2.05) is 0 Å². The van der Waals surface area contributed by atoms with Gasteiger partial charge in [0.05, 0.1) is 22.0 Å². The van der Waals surface area contributed by atoms with E-state index in [9.17, 15) is 13.2 Å². The van der Waals surface area contributed by atoms with Crippen LogP contribution in [0.4, 0.5) is 18.9 Å². The van der Waals surface area contributed by atoms with E-state index in [0.29, 0.717) is 21.3 Å². The number of aromatic nitrogens is 2. The highest BCUT2D eigenvalue weighted by Crippen LogP contribution is 2.33. The summed E-state index contributed by atoms with van der Waals surface area (Å²) in [5.74, 6) is 0.00695. The van der Waals surface area contributed by atoms with Crippen LogP contribution in [-0.2, 0) is 6.18 Å². The minimum Gasteiger partial charge on any atom is -0.437 e. The number of rotatable bonds is 3. The van der Waals surface area contributed by atoms with Crippen LogP contribution in [0.3, 0.4) is 0 Å². The topological polar surface area (TPSA) is 47.4 Å². The summed E-state index contributed by atoms with van der Waals surface area (Å²) >= 11 is 13.0. The minimum atomic E-state index is -4.49. The van der Waals surface area contributed by atoms with Crippen molar-refractivity contribution in [2.45, 2.75) is 13.1 Å². The van der Waals surface area contributed by atoms with Gasteiger partial charge in [-0.3, -0.25) is 0 Å². The largest absolute Gasteiger partial charge is 0.437 e. The van der Waals surface area contributed by atoms with Crippen LogP contribution in [0, 0.1) is 6.92 Å². The molecule has 140 valence electrons. The van der Waals surface area contributed by atoms with Gasteiger partial charge in [-0.15, -0.1) is 5.10 Å². The lowest BCUT2D eigenvalue weighted by atomic mass is 10.2. The van der Waals surface area contributed by atoms with Crippen LogP contribution in [0.25, 0.3) is 0 Å². The predicted octanol–water partition coefficient (Wildman–Crippen LogP) is 6.33. The molecule has 0 aliphatic carbocycles. The summed E-state index contributed by atoms with van der Waals surface area (Å²) in [6.45, 7) is 1.69. The lowest BCUT2D eigenvalue weighted by molar-refractivity contribution is -0.137. The fraction of sp³-hybridized carbons (Fsp3) is 0.118. The molecule has 2 aromatic carbocycles. The van der Waals surface area contributed by atoms with Gasteiger partial charge in [-0.05, 0) is 54.9 Å². The Morgan fingerprint density at radius 3 is 2.56 bits per heavy atom. The summed E-state index contributed by atoms with van der Waals surface area (Å²) in [5, 5.41) is 4.58. The summed E-state index contributed by atoms with van der Waals surface area (Å²) in [7, 11) is 0. The second kappa shape index (κ2) is 7.84.